The summed E-state index contributed by atoms with van der Waals surface area (Å²) in [5, 5.41) is 5.09. The average Bonchev–Trinajstić information content (AvgIpc) is 2.97. The van der Waals surface area contributed by atoms with Crippen LogP contribution in [0.5, 0.6) is 5.75 Å². The Morgan fingerprint density at radius 3 is 1.89 bits per heavy atom. The summed E-state index contributed by atoms with van der Waals surface area (Å²) in [6.45, 7) is 0.531. The van der Waals surface area contributed by atoms with Crippen LogP contribution in [0.3, 0.4) is 0 Å². The summed E-state index contributed by atoms with van der Waals surface area (Å²) < 4.78 is 6.46. The lowest BCUT2D eigenvalue weighted by Crippen LogP contribution is -2.02. The van der Waals surface area contributed by atoms with E-state index in [2.05, 4.69) is 140 Å². The molecule has 0 spiro atoms. The van der Waals surface area contributed by atoms with Crippen LogP contribution in [0.2, 0.25) is 0 Å². The molecule has 0 aliphatic carbocycles. The van der Waals surface area contributed by atoms with Gasteiger partial charge in [0.05, 0.1) is 0 Å². The standard InChI is InChI=1S/C35H27OP/c1-3-11-26(12-4-1)25-36-34-24-21-27-13-7-8-17-32(27)35(34)33-18-10-9-16-31(33)28-19-22-30(23-20-28)37-29-14-5-2-6-15-29/h1-24,37H,25H2. The SMILES string of the molecule is c1ccc(COc2ccc3ccccc3c2-c2ccccc2-c2ccc(Pc3ccccc3)cc2)cc1. The summed E-state index contributed by atoms with van der Waals surface area (Å²) in [7, 11) is 0.652. The lowest BCUT2D eigenvalue weighted by Gasteiger charge is -2.18. The van der Waals surface area contributed by atoms with Crippen LogP contribution in [0.25, 0.3) is 33.0 Å². The molecule has 0 bridgehead atoms. The quantitative estimate of drug-likeness (QED) is 0.203. The second kappa shape index (κ2) is 10.8. The predicted molar refractivity (Wildman–Crippen MR) is 160 cm³/mol. The van der Waals surface area contributed by atoms with E-state index in [1.54, 1.807) is 0 Å². The molecular formula is C35H27OP. The minimum atomic E-state index is 0.531. The van der Waals surface area contributed by atoms with Gasteiger partial charge in [0.25, 0.3) is 0 Å². The fraction of sp³-hybridized carbons (Fsp3) is 0.0286. The van der Waals surface area contributed by atoms with Crippen LogP contribution in [-0.2, 0) is 6.61 Å². The normalized spacial score (nSPS) is 11.2. The van der Waals surface area contributed by atoms with Gasteiger partial charge in [-0.15, -0.1) is 0 Å². The van der Waals surface area contributed by atoms with Crippen LogP contribution in [0, 0.1) is 0 Å². The zero-order valence-electron chi connectivity index (χ0n) is 20.5. The molecule has 0 radical (unpaired) electrons. The van der Waals surface area contributed by atoms with E-state index in [0.717, 1.165) is 16.9 Å². The maximum Gasteiger partial charge on any atom is 0.128 e. The van der Waals surface area contributed by atoms with Gasteiger partial charge in [-0.1, -0.05) is 148 Å². The van der Waals surface area contributed by atoms with E-state index in [-0.39, 0.29) is 0 Å². The summed E-state index contributed by atoms with van der Waals surface area (Å²) in [5.41, 5.74) is 5.89. The zero-order valence-corrected chi connectivity index (χ0v) is 21.5. The molecule has 6 aromatic rings. The first-order chi connectivity index (χ1) is 18.3. The molecule has 0 aromatic heterocycles. The van der Waals surface area contributed by atoms with Crippen molar-refractivity contribution < 1.29 is 4.74 Å². The summed E-state index contributed by atoms with van der Waals surface area (Å²) in [5.74, 6) is 0.900. The van der Waals surface area contributed by atoms with E-state index in [0.29, 0.717) is 15.2 Å². The van der Waals surface area contributed by atoms with Gasteiger partial charge in [0.1, 0.15) is 12.4 Å². The van der Waals surface area contributed by atoms with Crippen molar-refractivity contribution >= 4 is 30.0 Å². The molecule has 37 heavy (non-hydrogen) atoms. The molecule has 0 fully saturated rings. The highest BCUT2D eigenvalue weighted by molar-refractivity contribution is 7.55. The Kier molecular flexibility index (Phi) is 6.80. The summed E-state index contributed by atoms with van der Waals surface area (Å²) in [6.07, 6.45) is 0. The molecule has 0 heterocycles. The second-order valence-corrected chi connectivity index (χ2v) is 10.5. The maximum atomic E-state index is 6.46. The van der Waals surface area contributed by atoms with Crippen molar-refractivity contribution in [1.29, 1.82) is 0 Å². The molecule has 0 aliphatic rings. The third kappa shape index (κ3) is 5.19. The van der Waals surface area contributed by atoms with E-state index in [9.17, 15) is 0 Å². The van der Waals surface area contributed by atoms with Crippen LogP contribution in [0.15, 0.2) is 146 Å². The van der Waals surface area contributed by atoms with Crippen LogP contribution in [-0.4, -0.2) is 0 Å². The van der Waals surface area contributed by atoms with Crippen molar-refractivity contribution in [3.8, 4) is 28.0 Å². The van der Waals surface area contributed by atoms with Gasteiger partial charge in [-0.25, -0.2) is 0 Å². The van der Waals surface area contributed by atoms with Gasteiger partial charge in [-0.05, 0) is 49.7 Å². The maximum absolute atomic E-state index is 6.46. The molecule has 0 amide bonds. The molecule has 2 heteroatoms. The van der Waals surface area contributed by atoms with Crippen molar-refractivity contribution in [2.45, 2.75) is 6.61 Å². The lowest BCUT2D eigenvalue weighted by molar-refractivity contribution is 0.308. The Hall–Kier alpha value is -4.19. The molecule has 0 N–H and O–H groups in total. The third-order valence-corrected chi connectivity index (χ3v) is 7.83. The Bertz CT molecular complexity index is 1620. The molecule has 0 saturated heterocycles. The first kappa shape index (κ1) is 23.2. The van der Waals surface area contributed by atoms with Crippen molar-refractivity contribution in [3.63, 3.8) is 0 Å². The van der Waals surface area contributed by atoms with Gasteiger partial charge in [-0.2, -0.15) is 0 Å². The molecule has 1 atom stereocenters. The first-order valence-corrected chi connectivity index (χ1v) is 13.6. The largest absolute Gasteiger partial charge is 0.488 e. The number of hydrogen-bond donors (Lipinski definition) is 0. The highest BCUT2D eigenvalue weighted by Gasteiger charge is 2.16. The van der Waals surface area contributed by atoms with Crippen LogP contribution in [0.4, 0.5) is 0 Å². The van der Waals surface area contributed by atoms with Crippen LogP contribution in [0.1, 0.15) is 5.56 Å². The predicted octanol–water partition coefficient (Wildman–Crippen LogP) is 8.38. The van der Waals surface area contributed by atoms with Crippen LogP contribution < -0.4 is 15.3 Å². The third-order valence-electron chi connectivity index (χ3n) is 6.58. The van der Waals surface area contributed by atoms with Gasteiger partial charge < -0.3 is 4.74 Å². The molecule has 1 nitrogen and oxygen atoms in total. The molecule has 178 valence electrons. The lowest BCUT2D eigenvalue weighted by atomic mass is 9.91. The summed E-state index contributed by atoms with van der Waals surface area (Å²) in [6, 6.07) is 51.5. The highest BCUT2D eigenvalue weighted by atomic mass is 31.1. The molecule has 0 aliphatic heterocycles. The van der Waals surface area contributed by atoms with Crippen LogP contribution >= 0.6 is 8.58 Å². The zero-order chi connectivity index (χ0) is 24.9. The van der Waals surface area contributed by atoms with E-state index < -0.39 is 0 Å². The topological polar surface area (TPSA) is 9.23 Å². The van der Waals surface area contributed by atoms with E-state index in [1.807, 2.05) is 6.07 Å². The minimum absolute atomic E-state index is 0.531. The summed E-state index contributed by atoms with van der Waals surface area (Å²) in [4.78, 5) is 0. The van der Waals surface area contributed by atoms with Gasteiger partial charge in [-0.3, -0.25) is 0 Å². The first-order valence-electron chi connectivity index (χ1n) is 12.6. The molecule has 6 aromatic carbocycles. The van der Waals surface area contributed by atoms with Crippen molar-refractivity contribution in [3.05, 3.63) is 151 Å². The average molecular weight is 495 g/mol. The Morgan fingerprint density at radius 2 is 1.11 bits per heavy atom. The monoisotopic (exact) mass is 494 g/mol. The van der Waals surface area contributed by atoms with E-state index in [4.69, 9.17) is 4.74 Å². The van der Waals surface area contributed by atoms with Gasteiger partial charge in [0.15, 0.2) is 0 Å². The molecule has 0 saturated carbocycles. The van der Waals surface area contributed by atoms with Crippen molar-refractivity contribution in [2.75, 3.05) is 0 Å². The second-order valence-electron chi connectivity index (χ2n) is 9.05. The number of fused-ring (bicyclic) bond motifs is 1. The highest BCUT2D eigenvalue weighted by Crippen LogP contribution is 2.42. The Morgan fingerprint density at radius 1 is 0.486 bits per heavy atom. The Labute approximate surface area is 220 Å². The van der Waals surface area contributed by atoms with Gasteiger partial charge in [0.2, 0.25) is 0 Å². The molecular weight excluding hydrogens is 467 g/mol. The number of rotatable bonds is 7. The minimum Gasteiger partial charge on any atom is -0.488 e. The fourth-order valence-electron chi connectivity index (χ4n) is 4.76. The number of hydrogen-bond acceptors (Lipinski definition) is 1. The van der Waals surface area contributed by atoms with E-state index >= 15 is 0 Å². The summed E-state index contributed by atoms with van der Waals surface area (Å²) >= 11 is 0. The van der Waals surface area contributed by atoms with Crippen molar-refractivity contribution in [2.24, 2.45) is 0 Å². The molecule has 1 unspecified atom stereocenters. The fourth-order valence-corrected chi connectivity index (χ4v) is 5.78. The Balaban J connectivity index is 1.41. The number of ether oxygens (including phenoxy) is 1. The van der Waals surface area contributed by atoms with Crippen molar-refractivity contribution in [1.82, 2.24) is 0 Å². The van der Waals surface area contributed by atoms with Gasteiger partial charge in [0, 0.05) is 5.56 Å². The van der Waals surface area contributed by atoms with E-state index in [1.165, 1.54) is 38.1 Å². The number of benzene rings is 6. The smallest absolute Gasteiger partial charge is 0.128 e. The van der Waals surface area contributed by atoms with Gasteiger partial charge >= 0.3 is 0 Å². The molecule has 6 rings (SSSR count).